The third-order valence-corrected chi connectivity index (χ3v) is 27.0. The van der Waals surface area contributed by atoms with Crippen LogP contribution in [0.15, 0.2) is 234 Å². The fourth-order valence-electron chi connectivity index (χ4n) is 19.9. The Hall–Kier alpha value is -9.52. The predicted molar refractivity (Wildman–Crippen MR) is 474 cm³/mol. The molecule has 16 rings (SSSR count). The molecule has 10 aromatic carbocycles. The van der Waals surface area contributed by atoms with Gasteiger partial charge >= 0.3 is 0 Å². The molecule has 0 saturated carbocycles. The minimum Gasteiger partial charge on any atom is -0.243 e. The van der Waals surface area contributed by atoms with Gasteiger partial charge in [-0.05, 0) is 266 Å². The van der Waals surface area contributed by atoms with Gasteiger partial charge in [-0.15, -0.1) is 22.7 Å². The molecule has 13 aromatic rings. The van der Waals surface area contributed by atoms with Gasteiger partial charge < -0.3 is 0 Å². The van der Waals surface area contributed by atoms with Crippen molar-refractivity contribution in [3.8, 4) is 100 Å². The molecule has 0 bridgehead atoms. The molecular formula is C105H108N2OS2. The number of aromatic nitrogens is 2. The Kier molecular flexibility index (Phi) is 22.8. The molecule has 3 heterocycles. The van der Waals surface area contributed by atoms with E-state index in [1.165, 1.54) is 235 Å². The maximum Gasteiger partial charge on any atom is 0.143 e. The largest absolute Gasteiger partial charge is 0.243 e. The Morgan fingerprint density at radius 2 is 0.564 bits per heavy atom. The molecule has 5 heteroatoms. The van der Waals surface area contributed by atoms with Crippen LogP contribution in [-0.4, -0.2) is 10.3 Å². The molecule has 0 saturated heterocycles. The number of unbranched alkanes of at least 4 members (excludes halogenated alkanes) is 12. The van der Waals surface area contributed by atoms with E-state index in [4.69, 9.17) is 4.63 Å². The highest BCUT2D eigenvalue weighted by Crippen LogP contribution is 2.60. The molecule has 0 atom stereocenters. The van der Waals surface area contributed by atoms with Crippen LogP contribution in [0.2, 0.25) is 0 Å². The van der Waals surface area contributed by atoms with Crippen molar-refractivity contribution < 1.29 is 4.63 Å². The second-order valence-corrected chi connectivity index (χ2v) is 34.1. The monoisotopic (exact) mass is 1480 g/mol. The molecule has 3 aromatic heterocycles. The summed E-state index contributed by atoms with van der Waals surface area (Å²) in [6.45, 7) is 14.2. The van der Waals surface area contributed by atoms with Crippen molar-refractivity contribution in [1.82, 2.24) is 10.3 Å². The molecule has 0 radical (unpaired) electrons. The predicted octanol–water partition coefficient (Wildman–Crippen LogP) is 32.0. The fourth-order valence-corrected chi connectivity index (χ4v) is 21.1. The highest BCUT2D eigenvalue weighted by molar-refractivity contribution is 7.11. The number of fused-ring (bicyclic) bond motifs is 10. The van der Waals surface area contributed by atoms with Crippen molar-refractivity contribution in [2.24, 2.45) is 0 Å². The third-order valence-electron chi connectivity index (χ3n) is 25.3. The number of benzene rings is 10. The van der Waals surface area contributed by atoms with Gasteiger partial charge in [0.25, 0.3) is 0 Å². The van der Waals surface area contributed by atoms with Crippen LogP contribution in [0.1, 0.15) is 250 Å². The van der Waals surface area contributed by atoms with Crippen LogP contribution in [0.5, 0.6) is 0 Å². The average Bonchev–Trinajstić information content (AvgIpc) is 1.59. The van der Waals surface area contributed by atoms with Crippen LogP contribution in [0.25, 0.3) is 135 Å². The number of nitrogens with zero attached hydrogens (tertiary/aromatic N) is 2. The summed E-state index contributed by atoms with van der Waals surface area (Å²) in [6.07, 6.45) is 38.1. The molecule has 0 N–H and O–H groups in total. The second-order valence-electron chi connectivity index (χ2n) is 32.1. The maximum atomic E-state index is 5.63. The van der Waals surface area contributed by atoms with Crippen LogP contribution in [0.3, 0.4) is 0 Å². The highest BCUT2D eigenvalue weighted by Gasteiger charge is 2.46. The second kappa shape index (κ2) is 33.6. The Morgan fingerprint density at radius 1 is 0.255 bits per heavy atom. The van der Waals surface area contributed by atoms with Gasteiger partial charge in [0, 0.05) is 37.1 Å². The van der Waals surface area contributed by atoms with Gasteiger partial charge in [-0.3, -0.25) is 0 Å². The molecule has 110 heavy (non-hydrogen) atoms. The molecule has 3 nitrogen and oxygen atoms in total. The van der Waals surface area contributed by atoms with E-state index in [0.717, 1.165) is 84.7 Å². The van der Waals surface area contributed by atoms with Crippen LogP contribution in [-0.2, 0) is 16.2 Å². The van der Waals surface area contributed by atoms with Gasteiger partial charge in [0.1, 0.15) is 11.0 Å². The van der Waals surface area contributed by atoms with E-state index in [1.54, 1.807) is 11.3 Å². The Morgan fingerprint density at radius 3 is 0.909 bits per heavy atom. The minimum atomic E-state index is -0.197. The van der Waals surface area contributed by atoms with E-state index in [9.17, 15) is 0 Å². The van der Waals surface area contributed by atoms with Gasteiger partial charge in [-0.2, -0.15) is 0 Å². The summed E-state index contributed by atoms with van der Waals surface area (Å²) in [5, 5.41) is 13.6. The average molecular weight is 1480 g/mol. The van der Waals surface area contributed by atoms with E-state index in [1.807, 2.05) is 11.3 Å². The first-order valence-electron chi connectivity index (χ1n) is 42.1. The maximum absolute atomic E-state index is 5.63. The van der Waals surface area contributed by atoms with E-state index in [-0.39, 0.29) is 16.2 Å². The van der Waals surface area contributed by atoms with Crippen molar-refractivity contribution in [3.05, 3.63) is 283 Å². The normalized spacial score (nSPS) is 14.0. The van der Waals surface area contributed by atoms with E-state index < -0.39 is 0 Å². The first-order chi connectivity index (χ1) is 54.2. The fraction of sp³-hybridized carbons (Fsp3) is 0.314. The van der Waals surface area contributed by atoms with Crippen LogP contribution >= 0.6 is 22.7 Å². The lowest BCUT2D eigenvalue weighted by atomic mass is 9.69. The summed E-state index contributed by atoms with van der Waals surface area (Å²) >= 11 is 3.62. The zero-order valence-corrected chi connectivity index (χ0v) is 67.5. The molecular weight excluding hydrogens is 1370 g/mol. The zero-order valence-electron chi connectivity index (χ0n) is 65.8. The van der Waals surface area contributed by atoms with Crippen molar-refractivity contribution in [2.75, 3.05) is 0 Å². The number of hydrogen-bond donors (Lipinski definition) is 0. The Bertz CT molecular complexity index is 5380. The molecule has 0 aliphatic heterocycles. The van der Waals surface area contributed by atoms with E-state index in [2.05, 4.69) is 305 Å². The third kappa shape index (κ3) is 14.3. The molecule has 3 aliphatic rings. The molecule has 0 spiro atoms. The summed E-state index contributed by atoms with van der Waals surface area (Å²) in [6, 6.07) is 85.4. The standard InChI is InChI=1S/C105H108N2OS2/c1-7-13-17-27-59-104(60-28-18-14-8-2)97-69-77(76-42-50-88-87-49-41-75(73-33-23-21-24-34-73)67-95(87)103(57-11-5,58-12-6)96(88)68-76)43-51-89(97)91-53-45-81(71-99(91)104)93-65-79(40-48-84-38-32-64-110-84)94(66-78(93)39-47-83-37-31-63-109-83)82-46-54-92-90-52-44-80(86-56-55-85(74-35-25-22-26-36-74)101-102(86)107-108-106-101)70-98(90)105(100(92)72-82,61-29-19-15-9-3)62-30-20-16-10-4/h21-26,31-56,63-72H,7-20,27-30,57-62H2,1-6H3/b47-39+,48-40+. The van der Waals surface area contributed by atoms with E-state index in [0.29, 0.717) is 0 Å². The topological polar surface area (TPSA) is 38.9 Å². The van der Waals surface area contributed by atoms with Gasteiger partial charge in [-0.25, -0.2) is 4.63 Å². The quantitative estimate of drug-likeness (QED) is 0.0377. The molecule has 556 valence electrons. The Balaban J connectivity index is 0.843. The zero-order chi connectivity index (χ0) is 75.0. The first kappa shape index (κ1) is 74.6. The van der Waals surface area contributed by atoms with Crippen molar-refractivity contribution in [3.63, 3.8) is 0 Å². The number of thiophene rings is 2. The summed E-state index contributed by atoms with van der Waals surface area (Å²) in [4.78, 5) is 2.50. The van der Waals surface area contributed by atoms with Gasteiger partial charge in [0.15, 0.2) is 0 Å². The van der Waals surface area contributed by atoms with Crippen LogP contribution in [0.4, 0.5) is 0 Å². The number of hydrogen-bond acceptors (Lipinski definition) is 5. The molecule has 3 aliphatic carbocycles. The lowest BCUT2D eigenvalue weighted by Gasteiger charge is -2.34. The molecule has 0 fully saturated rings. The minimum absolute atomic E-state index is 0.0492. The summed E-state index contributed by atoms with van der Waals surface area (Å²) < 4.78 is 5.63. The summed E-state index contributed by atoms with van der Waals surface area (Å²) in [7, 11) is 0. The first-order valence-corrected chi connectivity index (χ1v) is 43.9. The summed E-state index contributed by atoms with van der Waals surface area (Å²) in [5.41, 5.74) is 35.8. The van der Waals surface area contributed by atoms with Gasteiger partial charge in [0.2, 0.25) is 0 Å². The lowest BCUT2D eigenvalue weighted by molar-refractivity contribution is 0.315. The summed E-state index contributed by atoms with van der Waals surface area (Å²) in [5.74, 6) is 0. The van der Waals surface area contributed by atoms with Gasteiger partial charge in [-0.1, -0.05) is 327 Å². The SMILES string of the molecule is CCCCCCC1(CCCCCC)c2cc(-c3ccc4c(c3)C(CCC)(CCC)c3cc(-c5ccccc5)ccc3-4)ccc2-c2ccc(-c3cc(/C=C/c4cccs4)c(-c4ccc5c(c4)C(CCCCCC)(CCCCCC)c4cc(-c6ccc(-c7ccccc7)c7nonc67)ccc4-5)cc3/C=C/c3cccs3)cc21. The number of rotatable bonds is 34. The van der Waals surface area contributed by atoms with Crippen LogP contribution < -0.4 is 0 Å². The van der Waals surface area contributed by atoms with Gasteiger partial charge in [0.05, 0.1) is 0 Å². The lowest BCUT2D eigenvalue weighted by Crippen LogP contribution is -2.26. The van der Waals surface area contributed by atoms with E-state index >= 15 is 0 Å². The van der Waals surface area contributed by atoms with Crippen molar-refractivity contribution >= 4 is 58.0 Å². The molecule has 0 unspecified atom stereocenters. The van der Waals surface area contributed by atoms with Crippen molar-refractivity contribution in [1.29, 1.82) is 0 Å². The molecule has 0 amide bonds. The smallest absolute Gasteiger partial charge is 0.143 e. The Labute approximate surface area is 663 Å². The van der Waals surface area contributed by atoms with Crippen LogP contribution in [0, 0.1) is 0 Å². The van der Waals surface area contributed by atoms with Crippen molar-refractivity contribution in [2.45, 2.75) is 212 Å². The highest BCUT2D eigenvalue weighted by atomic mass is 32.1.